The largest absolute Gasteiger partial charge is 0.496 e. The monoisotopic (exact) mass is 314 g/mol. The molecule has 0 aliphatic heterocycles. The van der Waals surface area contributed by atoms with Crippen molar-refractivity contribution in [2.45, 2.75) is 39.7 Å². The van der Waals surface area contributed by atoms with E-state index in [0.717, 1.165) is 24.0 Å². The molecule has 0 aromatic heterocycles. The highest BCUT2D eigenvalue weighted by Crippen LogP contribution is 2.26. The minimum atomic E-state index is -3.49. The Morgan fingerprint density at radius 2 is 2.05 bits per heavy atom. The molecular formula is C15H26N2O3S. The fourth-order valence-electron chi connectivity index (χ4n) is 2.07. The lowest BCUT2D eigenvalue weighted by Crippen LogP contribution is -2.40. The van der Waals surface area contributed by atoms with Gasteiger partial charge in [0.1, 0.15) is 5.75 Å². The van der Waals surface area contributed by atoms with Crippen molar-refractivity contribution in [1.29, 1.82) is 0 Å². The van der Waals surface area contributed by atoms with E-state index >= 15 is 0 Å². The number of hydrogen-bond acceptors (Lipinski definition) is 3. The van der Waals surface area contributed by atoms with Gasteiger partial charge in [0.15, 0.2) is 0 Å². The molecule has 1 aromatic rings. The Labute approximate surface area is 128 Å². The second-order valence-corrected chi connectivity index (χ2v) is 7.07. The fraction of sp³-hybridized carbons (Fsp3) is 0.600. The molecule has 0 aliphatic rings. The predicted molar refractivity (Wildman–Crippen MR) is 85.7 cm³/mol. The van der Waals surface area contributed by atoms with Crippen molar-refractivity contribution in [3.05, 3.63) is 29.3 Å². The highest BCUT2D eigenvalue weighted by atomic mass is 32.2. The number of nitrogens with one attached hydrogen (secondary N) is 1. The van der Waals surface area contributed by atoms with Crippen LogP contribution in [0.4, 0.5) is 0 Å². The van der Waals surface area contributed by atoms with Crippen LogP contribution in [0.2, 0.25) is 0 Å². The van der Waals surface area contributed by atoms with Gasteiger partial charge in [-0.3, -0.25) is 0 Å². The van der Waals surface area contributed by atoms with Crippen LogP contribution >= 0.6 is 0 Å². The number of aryl methyl sites for hydroxylation is 1. The lowest BCUT2D eigenvalue weighted by atomic mass is 10.1. The molecule has 0 fully saturated rings. The highest BCUT2D eigenvalue weighted by Gasteiger charge is 2.22. The summed E-state index contributed by atoms with van der Waals surface area (Å²) >= 11 is 0. The maximum absolute atomic E-state index is 12.3. The van der Waals surface area contributed by atoms with Crippen LogP contribution in [0.5, 0.6) is 5.75 Å². The number of rotatable bonds is 8. The molecule has 21 heavy (non-hydrogen) atoms. The number of hydrogen-bond donors (Lipinski definition) is 1. The molecular weight excluding hydrogens is 288 g/mol. The molecule has 0 spiro atoms. The molecule has 1 atom stereocenters. The molecule has 1 rings (SSSR count). The Morgan fingerprint density at radius 3 is 2.62 bits per heavy atom. The summed E-state index contributed by atoms with van der Waals surface area (Å²) in [6.45, 7) is 6.34. The van der Waals surface area contributed by atoms with Gasteiger partial charge in [-0.1, -0.05) is 31.0 Å². The topological polar surface area (TPSA) is 58.6 Å². The van der Waals surface area contributed by atoms with Gasteiger partial charge in [0.2, 0.25) is 0 Å². The van der Waals surface area contributed by atoms with Crippen molar-refractivity contribution >= 4 is 10.2 Å². The number of benzene rings is 1. The summed E-state index contributed by atoms with van der Waals surface area (Å²) in [6.07, 6.45) is 1.81. The number of ether oxygens (including phenoxy) is 1. The minimum absolute atomic E-state index is 0.353. The highest BCUT2D eigenvalue weighted by molar-refractivity contribution is 7.87. The van der Waals surface area contributed by atoms with Gasteiger partial charge >= 0.3 is 0 Å². The van der Waals surface area contributed by atoms with Gasteiger partial charge in [-0.25, -0.2) is 0 Å². The summed E-state index contributed by atoms with van der Waals surface area (Å²) in [4.78, 5) is 0. The first-order valence-corrected chi connectivity index (χ1v) is 8.64. The van der Waals surface area contributed by atoms with Gasteiger partial charge in [0, 0.05) is 25.2 Å². The first-order chi connectivity index (χ1) is 9.81. The van der Waals surface area contributed by atoms with E-state index in [0.29, 0.717) is 12.3 Å². The summed E-state index contributed by atoms with van der Waals surface area (Å²) < 4.78 is 33.9. The summed E-state index contributed by atoms with van der Waals surface area (Å²) in [5.41, 5.74) is 1.90. The van der Waals surface area contributed by atoms with Gasteiger partial charge in [-0.05, 0) is 26.3 Å². The predicted octanol–water partition coefficient (Wildman–Crippen LogP) is 2.63. The zero-order valence-electron chi connectivity index (χ0n) is 13.5. The van der Waals surface area contributed by atoms with Gasteiger partial charge in [-0.2, -0.15) is 17.4 Å². The molecule has 6 heteroatoms. The van der Waals surface area contributed by atoms with Crippen LogP contribution in [0.15, 0.2) is 18.2 Å². The molecule has 0 saturated carbocycles. The van der Waals surface area contributed by atoms with Gasteiger partial charge < -0.3 is 4.74 Å². The molecule has 120 valence electrons. The summed E-state index contributed by atoms with van der Waals surface area (Å²) in [5.74, 6) is 0.687. The van der Waals surface area contributed by atoms with Crippen molar-refractivity contribution in [2.24, 2.45) is 0 Å². The van der Waals surface area contributed by atoms with E-state index < -0.39 is 10.2 Å². The summed E-state index contributed by atoms with van der Waals surface area (Å²) in [5, 5.41) is 0. The fourth-order valence-corrected chi connectivity index (χ4v) is 3.19. The molecule has 1 aromatic carbocycles. The Hall–Kier alpha value is -1.11. The first-order valence-electron chi connectivity index (χ1n) is 7.20. The van der Waals surface area contributed by atoms with E-state index in [1.165, 1.54) is 4.31 Å². The van der Waals surface area contributed by atoms with Crippen molar-refractivity contribution in [2.75, 3.05) is 20.7 Å². The maximum Gasteiger partial charge on any atom is 0.279 e. The zero-order chi connectivity index (χ0) is 16.0. The van der Waals surface area contributed by atoms with E-state index in [4.69, 9.17) is 4.74 Å². The second-order valence-electron chi connectivity index (χ2n) is 5.27. The lowest BCUT2D eigenvalue weighted by Gasteiger charge is -2.22. The third-order valence-electron chi connectivity index (χ3n) is 3.41. The first kappa shape index (κ1) is 17.9. The maximum atomic E-state index is 12.3. The van der Waals surface area contributed by atoms with Gasteiger partial charge in [0.25, 0.3) is 10.2 Å². The van der Waals surface area contributed by atoms with E-state index in [9.17, 15) is 8.42 Å². The Bertz CT molecular complexity index is 558. The SMILES string of the molecule is CCCCN(C)S(=O)(=O)NC(C)c1cc(C)ccc1OC. The average Bonchev–Trinajstić information content (AvgIpc) is 2.44. The lowest BCUT2D eigenvalue weighted by molar-refractivity contribution is 0.402. The standard InChI is InChI=1S/C15H26N2O3S/c1-6-7-10-17(4)21(18,19)16-13(3)14-11-12(2)8-9-15(14)20-5/h8-9,11,13,16H,6-7,10H2,1-5H3. The van der Waals surface area contributed by atoms with Crippen LogP contribution in [0, 0.1) is 6.92 Å². The quantitative estimate of drug-likeness (QED) is 0.802. The summed E-state index contributed by atoms with van der Waals surface area (Å²) in [6, 6.07) is 5.39. The van der Waals surface area contributed by atoms with Crippen molar-refractivity contribution < 1.29 is 13.2 Å². The van der Waals surface area contributed by atoms with E-state index in [-0.39, 0.29) is 6.04 Å². The van der Waals surface area contributed by atoms with E-state index in [2.05, 4.69) is 4.72 Å². The third kappa shape index (κ3) is 4.98. The van der Waals surface area contributed by atoms with Crippen LogP contribution in [-0.2, 0) is 10.2 Å². The summed E-state index contributed by atoms with van der Waals surface area (Å²) in [7, 11) is -0.308. The zero-order valence-corrected chi connectivity index (χ0v) is 14.3. The van der Waals surface area contributed by atoms with Crippen molar-refractivity contribution in [1.82, 2.24) is 9.03 Å². The molecule has 1 N–H and O–H groups in total. The third-order valence-corrected chi connectivity index (χ3v) is 5.07. The van der Waals surface area contributed by atoms with Crippen molar-refractivity contribution in [3.63, 3.8) is 0 Å². The molecule has 0 aliphatic carbocycles. The molecule has 0 amide bonds. The van der Waals surface area contributed by atoms with Gasteiger partial charge in [-0.15, -0.1) is 0 Å². The Kier molecular flexibility index (Phi) is 6.64. The number of nitrogens with zero attached hydrogens (tertiary/aromatic N) is 1. The Balaban J connectivity index is 2.89. The average molecular weight is 314 g/mol. The van der Waals surface area contributed by atoms with E-state index in [1.54, 1.807) is 14.2 Å². The molecule has 0 radical (unpaired) electrons. The number of unbranched alkanes of at least 4 members (excludes halogenated alkanes) is 1. The van der Waals surface area contributed by atoms with Crippen LogP contribution in [0.1, 0.15) is 43.9 Å². The van der Waals surface area contributed by atoms with Crippen LogP contribution in [0.25, 0.3) is 0 Å². The molecule has 1 unspecified atom stereocenters. The van der Waals surface area contributed by atoms with Crippen LogP contribution in [0.3, 0.4) is 0 Å². The normalized spacial score (nSPS) is 13.4. The smallest absolute Gasteiger partial charge is 0.279 e. The van der Waals surface area contributed by atoms with Crippen LogP contribution in [-0.4, -0.2) is 33.4 Å². The Morgan fingerprint density at radius 1 is 1.38 bits per heavy atom. The minimum Gasteiger partial charge on any atom is -0.496 e. The van der Waals surface area contributed by atoms with E-state index in [1.807, 2.05) is 39.0 Å². The molecule has 5 nitrogen and oxygen atoms in total. The molecule has 0 heterocycles. The van der Waals surface area contributed by atoms with Crippen LogP contribution < -0.4 is 9.46 Å². The molecule has 0 saturated heterocycles. The molecule has 0 bridgehead atoms. The van der Waals surface area contributed by atoms with Crippen molar-refractivity contribution in [3.8, 4) is 5.75 Å². The van der Waals surface area contributed by atoms with Gasteiger partial charge in [0.05, 0.1) is 7.11 Å². The second kappa shape index (κ2) is 7.77. The number of methoxy groups -OCH3 is 1.